The first-order valence-electron chi connectivity index (χ1n) is 4.86. The number of para-hydroxylation sites is 2. The molecule has 18 heavy (non-hydrogen) atoms. The van der Waals surface area contributed by atoms with Crippen molar-refractivity contribution in [2.45, 2.75) is 12.1 Å². The standard InChI is InChI=1S/C11H8F3NO3/c1-2-9(16)15-11(10(12,13)14)17-7-5-3-4-6-8(7)18-11/h2-6H,1H2,(H,15,16). The summed E-state index contributed by atoms with van der Waals surface area (Å²) in [7, 11) is 0. The maximum Gasteiger partial charge on any atom is 0.492 e. The van der Waals surface area contributed by atoms with E-state index in [1.54, 1.807) is 5.32 Å². The molecule has 0 fully saturated rings. The zero-order valence-electron chi connectivity index (χ0n) is 8.95. The molecule has 1 aliphatic rings. The highest BCUT2D eigenvalue weighted by molar-refractivity contribution is 5.87. The Bertz CT molecular complexity index is 474. The van der Waals surface area contributed by atoms with Crippen LogP contribution in [0, 0.1) is 0 Å². The van der Waals surface area contributed by atoms with Gasteiger partial charge in [0, 0.05) is 0 Å². The maximum atomic E-state index is 13.0. The van der Waals surface area contributed by atoms with Crippen LogP contribution in [0.2, 0.25) is 0 Å². The average molecular weight is 259 g/mol. The second-order valence-corrected chi connectivity index (χ2v) is 3.46. The molecule has 0 aliphatic carbocycles. The maximum absolute atomic E-state index is 13.0. The van der Waals surface area contributed by atoms with Gasteiger partial charge in [0.15, 0.2) is 11.5 Å². The van der Waals surface area contributed by atoms with E-state index in [1.807, 2.05) is 0 Å². The van der Waals surface area contributed by atoms with Gasteiger partial charge >= 0.3 is 12.1 Å². The Morgan fingerprint density at radius 2 is 1.78 bits per heavy atom. The van der Waals surface area contributed by atoms with Gasteiger partial charge in [-0.3, -0.25) is 10.1 Å². The molecule has 1 heterocycles. The van der Waals surface area contributed by atoms with Crippen LogP contribution in [0.1, 0.15) is 0 Å². The van der Waals surface area contributed by atoms with E-state index >= 15 is 0 Å². The number of alkyl halides is 3. The number of carbonyl (C=O) groups excluding carboxylic acids is 1. The summed E-state index contributed by atoms with van der Waals surface area (Å²) in [6, 6.07) is 5.60. The lowest BCUT2D eigenvalue weighted by atomic mass is 10.3. The monoisotopic (exact) mass is 259 g/mol. The number of carbonyl (C=O) groups is 1. The minimum atomic E-state index is -4.94. The minimum absolute atomic E-state index is 0.0980. The van der Waals surface area contributed by atoms with Gasteiger partial charge in [-0.15, -0.1) is 0 Å². The van der Waals surface area contributed by atoms with E-state index in [0.717, 1.165) is 0 Å². The van der Waals surface area contributed by atoms with E-state index in [1.165, 1.54) is 24.3 Å². The van der Waals surface area contributed by atoms with E-state index in [-0.39, 0.29) is 11.5 Å². The Morgan fingerprint density at radius 1 is 1.28 bits per heavy atom. The molecule has 0 saturated carbocycles. The molecule has 96 valence electrons. The van der Waals surface area contributed by atoms with E-state index in [2.05, 4.69) is 6.58 Å². The molecule has 0 bridgehead atoms. The molecule has 0 aromatic heterocycles. The van der Waals surface area contributed by atoms with Gasteiger partial charge in [0.1, 0.15) is 0 Å². The largest absolute Gasteiger partial charge is 0.492 e. The van der Waals surface area contributed by atoms with Crippen LogP contribution in [0.5, 0.6) is 11.5 Å². The van der Waals surface area contributed by atoms with E-state index < -0.39 is 18.0 Å². The van der Waals surface area contributed by atoms with Crippen molar-refractivity contribution in [3.05, 3.63) is 36.9 Å². The van der Waals surface area contributed by atoms with Gasteiger partial charge in [-0.05, 0) is 18.2 Å². The lowest BCUT2D eigenvalue weighted by Crippen LogP contribution is -2.64. The number of fused-ring (bicyclic) bond motifs is 1. The molecular formula is C11H8F3NO3. The van der Waals surface area contributed by atoms with Gasteiger partial charge in [-0.2, -0.15) is 13.2 Å². The quantitative estimate of drug-likeness (QED) is 0.826. The molecule has 4 nitrogen and oxygen atoms in total. The van der Waals surface area contributed by atoms with Crippen LogP contribution in [0.3, 0.4) is 0 Å². The first-order chi connectivity index (χ1) is 8.38. The Kier molecular flexibility index (Phi) is 2.68. The topological polar surface area (TPSA) is 47.6 Å². The molecule has 0 radical (unpaired) electrons. The summed E-state index contributed by atoms with van der Waals surface area (Å²) >= 11 is 0. The molecule has 0 atom stereocenters. The van der Waals surface area contributed by atoms with Crippen LogP contribution >= 0.6 is 0 Å². The third-order valence-electron chi connectivity index (χ3n) is 2.20. The van der Waals surface area contributed by atoms with Gasteiger partial charge in [0.2, 0.25) is 5.91 Å². The molecule has 0 saturated heterocycles. The number of ether oxygens (including phenoxy) is 2. The second-order valence-electron chi connectivity index (χ2n) is 3.46. The molecule has 0 spiro atoms. The summed E-state index contributed by atoms with van der Waals surface area (Å²) in [5.41, 5.74) is 0. The van der Waals surface area contributed by atoms with E-state index in [0.29, 0.717) is 6.08 Å². The van der Waals surface area contributed by atoms with E-state index in [9.17, 15) is 18.0 Å². The van der Waals surface area contributed by atoms with Crippen molar-refractivity contribution in [3.8, 4) is 11.5 Å². The third kappa shape index (κ3) is 1.87. The van der Waals surface area contributed by atoms with Gasteiger partial charge in [0.05, 0.1) is 0 Å². The Hall–Kier alpha value is -2.18. The van der Waals surface area contributed by atoms with Gasteiger partial charge in [-0.1, -0.05) is 18.7 Å². The predicted molar refractivity (Wildman–Crippen MR) is 54.8 cm³/mol. The van der Waals surface area contributed by atoms with Crippen molar-refractivity contribution in [2.75, 3.05) is 0 Å². The lowest BCUT2D eigenvalue weighted by molar-refractivity contribution is -0.319. The van der Waals surface area contributed by atoms with Crippen LogP contribution in [0.25, 0.3) is 0 Å². The van der Waals surface area contributed by atoms with E-state index in [4.69, 9.17) is 9.47 Å². The molecule has 1 aromatic carbocycles. The molecule has 1 N–H and O–H groups in total. The molecule has 1 aromatic rings. The van der Waals surface area contributed by atoms with Crippen LogP contribution in [0.15, 0.2) is 36.9 Å². The first-order valence-corrected chi connectivity index (χ1v) is 4.86. The summed E-state index contributed by atoms with van der Waals surface area (Å²) in [4.78, 5) is 11.1. The number of benzene rings is 1. The number of rotatable bonds is 2. The fourth-order valence-corrected chi connectivity index (χ4v) is 1.40. The van der Waals surface area contributed by atoms with Crippen molar-refractivity contribution in [1.82, 2.24) is 5.32 Å². The molecular weight excluding hydrogens is 251 g/mol. The highest BCUT2D eigenvalue weighted by atomic mass is 19.4. The van der Waals surface area contributed by atoms with Gasteiger partial charge < -0.3 is 9.47 Å². The number of hydrogen-bond acceptors (Lipinski definition) is 3. The Morgan fingerprint density at radius 3 is 2.17 bits per heavy atom. The highest BCUT2D eigenvalue weighted by Gasteiger charge is 2.65. The SMILES string of the molecule is C=CC(=O)NC1(C(F)(F)F)Oc2ccccc2O1. The predicted octanol–water partition coefficient (Wildman–Crippen LogP) is 1.98. The number of nitrogens with one attached hydrogen (secondary N) is 1. The van der Waals surface area contributed by atoms with Crippen LogP contribution in [-0.2, 0) is 4.79 Å². The zero-order valence-corrected chi connectivity index (χ0v) is 8.95. The second kappa shape index (κ2) is 3.94. The van der Waals surface area contributed by atoms with Crippen LogP contribution < -0.4 is 14.8 Å². The summed E-state index contributed by atoms with van der Waals surface area (Å²) in [6.07, 6.45) is -4.24. The van der Waals surface area contributed by atoms with Gasteiger partial charge in [-0.25, -0.2) is 0 Å². The van der Waals surface area contributed by atoms with Gasteiger partial charge in [0.25, 0.3) is 0 Å². The smallest absolute Gasteiger partial charge is 0.424 e. The summed E-state index contributed by atoms with van der Waals surface area (Å²) < 4.78 is 48.3. The fraction of sp³-hybridized carbons (Fsp3) is 0.182. The van der Waals surface area contributed by atoms with Crippen molar-refractivity contribution < 1.29 is 27.4 Å². The summed E-state index contributed by atoms with van der Waals surface area (Å²) in [5, 5.41) is 1.60. The summed E-state index contributed by atoms with van der Waals surface area (Å²) in [5.74, 6) is -4.46. The Labute approximate surface area is 100.0 Å². The minimum Gasteiger partial charge on any atom is -0.424 e. The first kappa shape index (κ1) is 12.3. The van der Waals surface area contributed by atoms with Crippen molar-refractivity contribution in [1.29, 1.82) is 0 Å². The summed E-state index contributed by atoms with van der Waals surface area (Å²) in [6.45, 7) is 3.07. The van der Waals surface area contributed by atoms with Crippen molar-refractivity contribution in [2.24, 2.45) is 0 Å². The fourth-order valence-electron chi connectivity index (χ4n) is 1.40. The molecule has 7 heteroatoms. The molecule has 1 amide bonds. The van der Waals surface area contributed by atoms with Crippen LogP contribution in [-0.4, -0.2) is 18.0 Å². The van der Waals surface area contributed by atoms with Crippen LogP contribution in [0.4, 0.5) is 13.2 Å². The third-order valence-corrected chi connectivity index (χ3v) is 2.20. The molecule has 0 unspecified atom stereocenters. The molecule has 1 aliphatic heterocycles. The zero-order chi connectivity index (χ0) is 13.4. The Balaban J connectivity index is 2.37. The van der Waals surface area contributed by atoms with Crippen molar-refractivity contribution >= 4 is 5.91 Å². The lowest BCUT2D eigenvalue weighted by Gasteiger charge is -2.29. The number of halogens is 3. The van der Waals surface area contributed by atoms with Crippen molar-refractivity contribution in [3.63, 3.8) is 0 Å². The molecule has 2 rings (SSSR count). The highest BCUT2D eigenvalue weighted by Crippen LogP contribution is 2.44. The normalized spacial score (nSPS) is 16.2. The number of amides is 1. The number of hydrogen-bond donors (Lipinski definition) is 1. The average Bonchev–Trinajstić information content (AvgIpc) is 2.67.